The number of hydrogen-bond acceptors (Lipinski definition) is 4. The maximum Gasteiger partial charge on any atom is 0.257 e. The van der Waals surface area contributed by atoms with Crippen LogP contribution in [0.25, 0.3) is 0 Å². The van der Waals surface area contributed by atoms with Gasteiger partial charge in [-0.15, -0.1) is 0 Å². The highest BCUT2D eigenvalue weighted by Crippen LogP contribution is 2.30. The van der Waals surface area contributed by atoms with E-state index in [-0.39, 0.29) is 16.1 Å². The fraction of sp³-hybridized carbons (Fsp3) is 0.278. The highest BCUT2D eigenvalue weighted by molar-refractivity contribution is 7.89. The second kappa shape index (κ2) is 8.53. The molecule has 0 aliphatic rings. The lowest BCUT2D eigenvalue weighted by Crippen LogP contribution is -2.30. The Morgan fingerprint density at radius 3 is 2.38 bits per heavy atom. The van der Waals surface area contributed by atoms with E-state index in [1.165, 1.54) is 29.6 Å². The first kappa shape index (κ1) is 20.2. The summed E-state index contributed by atoms with van der Waals surface area (Å²) in [6.45, 7) is 4.24. The third kappa shape index (κ3) is 4.17. The Hall–Kier alpha value is -2.09. The molecule has 0 aliphatic heterocycles. The predicted molar refractivity (Wildman–Crippen MR) is 103 cm³/mol. The van der Waals surface area contributed by atoms with Gasteiger partial charge < -0.3 is 10.1 Å². The second-order valence-electron chi connectivity index (χ2n) is 5.39. The van der Waals surface area contributed by atoms with Crippen LogP contribution in [-0.4, -0.2) is 38.8 Å². The molecule has 0 radical (unpaired) electrons. The van der Waals surface area contributed by atoms with Gasteiger partial charge in [0.25, 0.3) is 5.91 Å². The molecule has 2 aromatic rings. The summed E-state index contributed by atoms with van der Waals surface area (Å²) >= 11 is 6.05. The molecule has 6 nitrogen and oxygen atoms in total. The average Bonchev–Trinajstić information content (AvgIpc) is 2.62. The van der Waals surface area contributed by atoms with Crippen LogP contribution in [0, 0.1) is 0 Å². The molecule has 0 heterocycles. The molecule has 0 bridgehead atoms. The third-order valence-corrected chi connectivity index (χ3v) is 6.26. The Kier molecular flexibility index (Phi) is 6.63. The van der Waals surface area contributed by atoms with Crippen LogP contribution in [0.3, 0.4) is 0 Å². The second-order valence-corrected chi connectivity index (χ2v) is 7.73. The smallest absolute Gasteiger partial charge is 0.257 e. The Balaban J connectivity index is 2.42. The molecule has 26 heavy (non-hydrogen) atoms. The topological polar surface area (TPSA) is 75.7 Å². The number of carbonyl (C=O) groups excluding carboxylic acids is 1. The van der Waals surface area contributed by atoms with E-state index >= 15 is 0 Å². The molecule has 0 unspecified atom stereocenters. The summed E-state index contributed by atoms with van der Waals surface area (Å²) in [5.41, 5.74) is 0.541. The van der Waals surface area contributed by atoms with Gasteiger partial charge in [-0.2, -0.15) is 4.31 Å². The molecule has 1 N–H and O–H groups in total. The number of anilines is 1. The van der Waals surface area contributed by atoms with Gasteiger partial charge in [0.05, 0.1) is 28.3 Å². The van der Waals surface area contributed by atoms with E-state index in [9.17, 15) is 13.2 Å². The first-order valence-electron chi connectivity index (χ1n) is 8.09. The number of sulfonamides is 1. The SMILES string of the molecule is CCN(CC)S(=O)(=O)c1ccc(OC)c(NC(=O)c2ccccc2Cl)c1. The van der Waals surface area contributed by atoms with Gasteiger partial charge in [-0.1, -0.05) is 37.6 Å². The van der Waals surface area contributed by atoms with Crippen molar-refractivity contribution < 1.29 is 17.9 Å². The molecule has 0 aromatic heterocycles. The van der Waals surface area contributed by atoms with E-state index in [4.69, 9.17) is 16.3 Å². The van der Waals surface area contributed by atoms with Crippen LogP contribution in [-0.2, 0) is 10.0 Å². The van der Waals surface area contributed by atoms with Crippen LogP contribution < -0.4 is 10.1 Å². The highest BCUT2D eigenvalue weighted by Gasteiger charge is 2.23. The number of halogens is 1. The van der Waals surface area contributed by atoms with Crippen LogP contribution in [0.5, 0.6) is 5.75 Å². The normalized spacial score (nSPS) is 11.4. The van der Waals surface area contributed by atoms with Crippen molar-refractivity contribution >= 4 is 33.2 Å². The fourth-order valence-electron chi connectivity index (χ4n) is 2.49. The van der Waals surface area contributed by atoms with E-state index in [0.29, 0.717) is 23.9 Å². The van der Waals surface area contributed by atoms with Gasteiger partial charge in [-0.25, -0.2) is 8.42 Å². The van der Waals surface area contributed by atoms with E-state index in [2.05, 4.69) is 5.32 Å². The van der Waals surface area contributed by atoms with Crippen molar-refractivity contribution in [2.24, 2.45) is 0 Å². The van der Waals surface area contributed by atoms with Crippen LogP contribution in [0.4, 0.5) is 5.69 Å². The van der Waals surface area contributed by atoms with Crippen LogP contribution in [0.1, 0.15) is 24.2 Å². The monoisotopic (exact) mass is 396 g/mol. The minimum absolute atomic E-state index is 0.0801. The summed E-state index contributed by atoms with van der Waals surface area (Å²) in [6.07, 6.45) is 0. The van der Waals surface area contributed by atoms with E-state index in [0.717, 1.165) is 0 Å². The van der Waals surface area contributed by atoms with Gasteiger partial charge >= 0.3 is 0 Å². The number of nitrogens with one attached hydrogen (secondary N) is 1. The molecular formula is C18H21ClN2O4S. The number of amides is 1. The summed E-state index contributed by atoms with van der Waals surface area (Å²) < 4.78 is 32.0. The number of carbonyl (C=O) groups is 1. The summed E-state index contributed by atoms with van der Waals surface area (Å²) in [7, 11) is -2.21. The van der Waals surface area contributed by atoms with Crippen molar-refractivity contribution in [3.8, 4) is 5.75 Å². The van der Waals surface area contributed by atoms with Crippen LogP contribution in [0.15, 0.2) is 47.4 Å². The average molecular weight is 397 g/mol. The number of methoxy groups -OCH3 is 1. The van der Waals surface area contributed by atoms with Crippen molar-refractivity contribution in [1.29, 1.82) is 0 Å². The molecule has 0 saturated carbocycles. The van der Waals surface area contributed by atoms with Crippen molar-refractivity contribution in [3.05, 3.63) is 53.1 Å². The maximum absolute atomic E-state index is 12.7. The van der Waals surface area contributed by atoms with Crippen molar-refractivity contribution in [2.45, 2.75) is 18.7 Å². The largest absolute Gasteiger partial charge is 0.495 e. The molecule has 0 spiro atoms. The highest BCUT2D eigenvalue weighted by atomic mass is 35.5. The number of rotatable bonds is 7. The van der Waals surface area contributed by atoms with Crippen LogP contribution >= 0.6 is 11.6 Å². The molecule has 2 rings (SSSR count). The lowest BCUT2D eigenvalue weighted by atomic mass is 10.2. The lowest BCUT2D eigenvalue weighted by molar-refractivity contribution is 0.102. The van der Waals surface area contributed by atoms with Crippen molar-refractivity contribution in [1.82, 2.24) is 4.31 Å². The Morgan fingerprint density at radius 1 is 1.15 bits per heavy atom. The summed E-state index contributed by atoms with van der Waals surface area (Å²) in [6, 6.07) is 11.0. The number of nitrogens with zero attached hydrogens (tertiary/aromatic N) is 1. The lowest BCUT2D eigenvalue weighted by Gasteiger charge is -2.19. The van der Waals surface area contributed by atoms with E-state index in [1.54, 1.807) is 38.1 Å². The molecule has 1 amide bonds. The van der Waals surface area contributed by atoms with Gasteiger partial charge in [0.15, 0.2) is 0 Å². The summed E-state index contributed by atoms with van der Waals surface area (Å²) in [5, 5.41) is 2.98. The summed E-state index contributed by atoms with van der Waals surface area (Å²) in [4.78, 5) is 12.6. The van der Waals surface area contributed by atoms with E-state index in [1.807, 2.05) is 0 Å². The standard InChI is InChI=1S/C18H21ClN2O4S/c1-4-21(5-2)26(23,24)13-10-11-17(25-3)16(12-13)20-18(22)14-8-6-7-9-15(14)19/h6-12H,4-5H2,1-3H3,(H,20,22). The first-order valence-corrected chi connectivity index (χ1v) is 9.91. The molecule has 0 fully saturated rings. The van der Waals surface area contributed by atoms with Crippen molar-refractivity contribution in [2.75, 3.05) is 25.5 Å². The van der Waals surface area contributed by atoms with Crippen molar-refractivity contribution in [3.63, 3.8) is 0 Å². The zero-order valence-electron chi connectivity index (χ0n) is 14.8. The van der Waals surface area contributed by atoms with Gasteiger partial charge in [0.1, 0.15) is 5.75 Å². The Labute approximate surface area is 158 Å². The zero-order valence-corrected chi connectivity index (χ0v) is 16.4. The molecule has 0 aliphatic carbocycles. The summed E-state index contributed by atoms with van der Waals surface area (Å²) in [5.74, 6) is -0.102. The first-order chi connectivity index (χ1) is 12.3. The number of hydrogen-bond donors (Lipinski definition) is 1. The van der Waals surface area contributed by atoms with Gasteiger partial charge in [-0.05, 0) is 30.3 Å². The number of ether oxygens (including phenoxy) is 1. The number of benzene rings is 2. The minimum atomic E-state index is -3.66. The van der Waals surface area contributed by atoms with Gasteiger partial charge in [0, 0.05) is 13.1 Å². The van der Waals surface area contributed by atoms with Gasteiger partial charge in [-0.3, -0.25) is 4.79 Å². The zero-order chi connectivity index (χ0) is 19.3. The van der Waals surface area contributed by atoms with Gasteiger partial charge in [0.2, 0.25) is 10.0 Å². The molecule has 140 valence electrons. The molecule has 2 aromatic carbocycles. The fourth-order valence-corrected chi connectivity index (χ4v) is 4.20. The van der Waals surface area contributed by atoms with E-state index < -0.39 is 15.9 Å². The Morgan fingerprint density at radius 2 is 1.81 bits per heavy atom. The molecule has 0 atom stereocenters. The maximum atomic E-state index is 12.7. The molecular weight excluding hydrogens is 376 g/mol. The Bertz CT molecular complexity index is 896. The quantitative estimate of drug-likeness (QED) is 0.775. The molecule has 8 heteroatoms. The third-order valence-electron chi connectivity index (χ3n) is 3.88. The van der Waals surface area contributed by atoms with Crippen LogP contribution in [0.2, 0.25) is 5.02 Å². The predicted octanol–water partition coefficient (Wildman–Crippen LogP) is 3.63. The molecule has 0 saturated heterocycles. The minimum Gasteiger partial charge on any atom is -0.495 e.